The van der Waals surface area contributed by atoms with Gasteiger partial charge in [0.2, 0.25) is 0 Å². The van der Waals surface area contributed by atoms with E-state index in [0.717, 1.165) is 6.07 Å². The summed E-state index contributed by atoms with van der Waals surface area (Å²) in [6, 6.07) is 8.35. The molecule has 0 fully saturated rings. The molecule has 0 saturated carbocycles. The van der Waals surface area contributed by atoms with Crippen LogP contribution >= 0.6 is 23.2 Å². The highest BCUT2D eigenvalue weighted by molar-refractivity contribution is 6.33. The van der Waals surface area contributed by atoms with E-state index in [9.17, 15) is 14.9 Å². The second-order valence-corrected chi connectivity index (χ2v) is 5.05. The van der Waals surface area contributed by atoms with Crippen molar-refractivity contribution in [2.45, 2.75) is 0 Å². The molecule has 0 bridgehead atoms. The molecule has 7 nitrogen and oxygen atoms in total. The highest BCUT2D eigenvalue weighted by Crippen LogP contribution is 2.30. The average molecular weight is 357 g/mol. The molecule has 0 aliphatic rings. The average Bonchev–Trinajstić information content (AvgIpc) is 2.51. The van der Waals surface area contributed by atoms with Crippen LogP contribution in [0.25, 0.3) is 0 Å². The van der Waals surface area contributed by atoms with E-state index in [0.29, 0.717) is 5.75 Å². The third-order valence-electron chi connectivity index (χ3n) is 2.73. The first-order chi connectivity index (χ1) is 10.9. The molecule has 2 aromatic rings. The van der Waals surface area contributed by atoms with Crippen LogP contribution in [-0.4, -0.2) is 18.1 Å². The zero-order valence-corrected chi connectivity index (χ0v) is 13.2. The van der Waals surface area contributed by atoms with Crippen molar-refractivity contribution in [1.82, 2.24) is 0 Å². The highest BCUT2D eigenvalue weighted by atomic mass is 35.5. The number of rotatable bonds is 4. The maximum absolute atomic E-state index is 11.8. The van der Waals surface area contributed by atoms with Gasteiger partial charge in [-0.1, -0.05) is 23.2 Å². The van der Waals surface area contributed by atoms with Gasteiger partial charge >= 0.3 is 6.09 Å². The Bertz CT molecular complexity index is 767. The first-order valence-electron chi connectivity index (χ1n) is 6.17. The van der Waals surface area contributed by atoms with E-state index in [2.05, 4.69) is 5.32 Å². The maximum Gasteiger partial charge on any atom is 0.417 e. The first kappa shape index (κ1) is 16.9. The normalized spacial score (nSPS) is 10.0. The van der Waals surface area contributed by atoms with Gasteiger partial charge < -0.3 is 9.47 Å². The smallest absolute Gasteiger partial charge is 0.417 e. The molecule has 0 saturated heterocycles. The van der Waals surface area contributed by atoms with Gasteiger partial charge in [0.25, 0.3) is 5.69 Å². The molecule has 0 aromatic heterocycles. The minimum Gasteiger partial charge on any atom is -0.497 e. The molecule has 1 amide bonds. The molecular formula is C14H10Cl2N2O5. The predicted molar refractivity (Wildman–Crippen MR) is 85.8 cm³/mol. The Hall–Kier alpha value is -2.51. The fourth-order valence-electron chi connectivity index (χ4n) is 1.66. The number of hydrogen-bond donors (Lipinski definition) is 1. The number of nitrogens with zero attached hydrogens (tertiary/aromatic N) is 1. The van der Waals surface area contributed by atoms with Gasteiger partial charge in [-0.05, 0) is 24.3 Å². The van der Waals surface area contributed by atoms with E-state index >= 15 is 0 Å². The molecule has 0 unspecified atom stereocenters. The lowest BCUT2D eigenvalue weighted by Gasteiger charge is -2.09. The maximum atomic E-state index is 11.8. The van der Waals surface area contributed by atoms with Crippen molar-refractivity contribution in [3.63, 3.8) is 0 Å². The second-order valence-electron chi connectivity index (χ2n) is 4.23. The zero-order valence-electron chi connectivity index (χ0n) is 11.7. The van der Waals surface area contributed by atoms with Gasteiger partial charge in [0.15, 0.2) is 5.75 Å². The zero-order chi connectivity index (χ0) is 17.0. The standard InChI is InChI=1S/C14H10Cl2N2O5/c1-22-9-3-5-13(11(16)7-9)23-14(19)17-8-2-4-10(15)12(6-8)18(20)21/h2-7H,1H3,(H,17,19). The number of nitro groups is 1. The van der Waals surface area contributed by atoms with E-state index in [-0.39, 0.29) is 27.2 Å². The van der Waals surface area contributed by atoms with E-state index < -0.39 is 11.0 Å². The topological polar surface area (TPSA) is 90.7 Å². The molecule has 0 aliphatic carbocycles. The lowest BCUT2D eigenvalue weighted by Crippen LogP contribution is -2.17. The summed E-state index contributed by atoms with van der Waals surface area (Å²) in [4.78, 5) is 22.0. The Labute approximate surface area is 140 Å². The first-order valence-corrected chi connectivity index (χ1v) is 6.92. The van der Waals surface area contributed by atoms with Crippen LogP contribution in [0, 0.1) is 10.1 Å². The van der Waals surface area contributed by atoms with E-state index in [1.54, 1.807) is 6.07 Å². The molecule has 0 spiro atoms. The fraction of sp³-hybridized carbons (Fsp3) is 0.0714. The van der Waals surface area contributed by atoms with Crippen LogP contribution in [0.1, 0.15) is 0 Å². The summed E-state index contributed by atoms with van der Waals surface area (Å²) in [6.07, 6.45) is -0.853. The summed E-state index contributed by atoms with van der Waals surface area (Å²) in [5.74, 6) is 0.629. The Kier molecular flexibility index (Phi) is 5.25. The minimum absolute atomic E-state index is 0.0351. The summed E-state index contributed by atoms with van der Waals surface area (Å²) in [7, 11) is 1.48. The van der Waals surface area contributed by atoms with Crippen molar-refractivity contribution >= 4 is 40.7 Å². The van der Waals surface area contributed by atoms with Crippen LogP contribution in [0.4, 0.5) is 16.2 Å². The van der Waals surface area contributed by atoms with E-state index in [4.69, 9.17) is 32.7 Å². The molecule has 0 atom stereocenters. The molecule has 23 heavy (non-hydrogen) atoms. The van der Waals surface area contributed by atoms with Crippen molar-refractivity contribution in [2.75, 3.05) is 12.4 Å². The van der Waals surface area contributed by atoms with Gasteiger partial charge in [0, 0.05) is 12.1 Å². The second kappa shape index (κ2) is 7.17. The number of carbonyl (C=O) groups is 1. The minimum atomic E-state index is -0.853. The quantitative estimate of drug-likeness (QED) is 0.642. The lowest BCUT2D eigenvalue weighted by atomic mass is 10.3. The number of amides is 1. The molecule has 0 heterocycles. The number of anilines is 1. The Morgan fingerprint density at radius 1 is 1.17 bits per heavy atom. The molecular weight excluding hydrogens is 347 g/mol. The van der Waals surface area contributed by atoms with Gasteiger partial charge in [0.1, 0.15) is 10.8 Å². The van der Waals surface area contributed by atoms with Gasteiger partial charge in [-0.25, -0.2) is 4.79 Å². The lowest BCUT2D eigenvalue weighted by molar-refractivity contribution is -0.384. The van der Waals surface area contributed by atoms with Crippen molar-refractivity contribution in [3.8, 4) is 11.5 Å². The summed E-state index contributed by atoms with van der Waals surface area (Å²) in [5, 5.41) is 13.3. The number of ether oxygens (including phenoxy) is 2. The van der Waals surface area contributed by atoms with Gasteiger partial charge in [-0.15, -0.1) is 0 Å². The SMILES string of the molecule is COc1ccc(OC(=O)Nc2ccc(Cl)c([N+](=O)[O-])c2)c(Cl)c1. The van der Waals surface area contributed by atoms with Gasteiger partial charge in [-0.2, -0.15) is 0 Å². The van der Waals surface area contributed by atoms with E-state index in [1.807, 2.05) is 0 Å². The van der Waals surface area contributed by atoms with Crippen LogP contribution in [0.15, 0.2) is 36.4 Å². The Balaban J connectivity index is 2.11. The van der Waals surface area contributed by atoms with Crippen LogP contribution in [-0.2, 0) is 0 Å². The highest BCUT2D eigenvalue weighted by Gasteiger charge is 2.15. The predicted octanol–water partition coefficient (Wildman–Crippen LogP) is 4.52. The third kappa shape index (κ3) is 4.24. The van der Waals surface area contributed by atoms with Crippen LogP contribution in [0.2, 0.25) is 10.0 Å². The molecule has 120 valence electrons. The van der Waals surface area contributed by atoms with Crippen LogP contribution < -0.4 is 14.8 Å². The number of hydrogen-bond acceptors (Lipinski definition) is 5. The monoisotopic (exact) mass is 356 g/mol. The number of benzene rings is 2. The van der Waals surface area contributed by atoms with Crippen molar-refractivity contribution in [1.29, 1.82) is 0 Å². The Morgan fingerprint density at radius 2 is 1.91 bits per heavy atom. The number of nitro benzene ring substituents is 1. The molecule has 2 rings (SSSR count). The summed E-state index contributed by atoms with van der Waals surface area (Å²) in [6.45, 7) is 0. The van der Waals surface area contributed by atoms with Crippen molar-refractivity contribution in [2.24, 2.45) is 0 Å². The van der Waals surface area contributed by atoms with Crippen LogP contribution in [0.3, 0.4) is 0 Å². The molecule has 2 aromatic carbocycles. The number of carbonyl (C=O) groups excluding carboxylic acids is 1. The van der Waals surface area contributed by atoms with E-state index in [1.165, 1.54) is 31.4 Å². The van der Waals surface area contributed by atoms with Gasteiger partial charge in [0.05, 0.1) is 22.7 Å². The summed E-state index contributed by atoms with van der Waals surface area (Å²) >= 11 is 11.6. The number of halogens is 2. The third-order valence-corrected chi connectivity index (χ3v) is 3.35. The number of nitrogens with one attached hydrogen (secondary N) is 1. The van der Waals surface area contributed by atoms with Gasteiger partial charge in [-0.3, -0.25) is 15.4 Å². The largest absolute Gasteiger partial charge is 0.497 e. The molecule has 1 N–H and O–H groups in total. The summed E-state index contributed by atoms with van der Waals surface area (Å²) < 4.78 is 10.0. The van der Waals surface area contributed by atoms with Crippen LogP contribution in [0.5, 0.6) is 11.5 Å². The molecule has 0 aliphatic heterocycles. The Morgan fingerprint density at radius 3 is 2.52 bits per heavy atom. The molecule has 9 heteroatoms. The number of methoxy groups -OCH3 is 1. The van der Waals surface area contributed by atoms with Crippen molar-refractivity contribution < 1.29 is 19.2 Å². The summed E-state index contributed by atoms with van der Waals surface area (Å²) in [5.41, 5.74) is -0.164. The van der Waals surface area contributed by atoms with Crippen molar-refractivity contribution in [3.05, 3.63) is 56.6 Å². The molecule has 0 radical (unpaired) electrons. The fourth-order valence-corrected chi connectivity index (χ4v) is 2.06.